The van der Waals surface area contributed by atoms with E-state index in [4.69, 9.17) is 18.3 Å². The molecule has 6 nitrogen and oxygen atoms in total. The first-order valence-electron chi connectivity index (χ1n) is 27.0. The predicted molar refractivity (Wildman–Crippen MR) is 298 cm³/mol. The Labute approximate surface area is 450 Å². The average Bonchev–Trinajstić information content (AvgIpc) is 4.22. The average molecular weight is 1140 g/mol. The number of anilines is 4. The fourth-order valence-corrected chi connectivity index (χ4v) is 10.00. The summed E-state index contributed by atoms with van der Waals surface area (Å²) in [7, 11) is 0. The maximum absolute atomic E-state index is 9.25. The number of hydrogen-bond acceptors (Lipinski definition) is 5. The van der Waals surface area contributed by atoms with Crippen molar-refractivity contribution < 1.29 is 37.1 Å². The number of benzene rings is 8. The van der Waals surface area contributed by atoms with Crippen LogP contribution in [0, 0.1) is 18.8 Å². The van der Waals surface area contributed by atoms with Crippen molar-refractivity contribution >= 4 is 66.5 Å². The minimum absolute atomic E-state index is 0. The Morgan fingerprint density at radius 2 is 1.22 bits per heavy atom. The van der Waals surface area contributed by atoms with E-state index in [2.05, 4.69) is 145 Å². The zero-order valence-electron chi connectivity index (χ0n) is 47.4. The molecule has 0 fully saturated rings. The molecule has 0 saturated heterocycles. The van der Waals surface area contributed by atoms with E-state index in [1.807, 2.05) is 96.6 Å². The summed E-state index contributed by atoms with van der Waals surface area (Å²) in [5.41, 5.74) is 11.8. The molecule has 366 valence electrons. The number of ether oxygens (including phenoxy) is 1. The van der Waals surface area contributed by atoms with Crippen molar-refractivity contribution in [3.63, 3.8) is 0 Å². The summed E-state index contributed by atoms with van der Waals surface area (Å²) in [5, 5.41) is 4.00. The van der Waals surface area contributed by atoms with Crippen LogP contribution in [0.4, 0.5) is 22.7 Å². The first-order chi connectivity index (χ1) is 36.7. The van der Waals surface area contributed by atoms with E-state index in [9.17, 15) is 2.74 Å². The Kier molecular flexibility index (Phi) is 10.4. The van der Waals surface area contributed by atoms with Crippen LogP contribution >= 0.6 is 0 Å². The summed E-state index contributed by atoms with van der Waals surface area (Å²) >= 11 is 0. The Morgan fingerprint density at radius 1 is 0.575 bits per heavy atom. The monoisotopic (exact) mass is 1140 g/mol. The van der Waals surface area contributed by atoms with Gasteiger partial charge in [-0.05, 0) is 91.9 Å². The normalized spacial score (nSPS) is 14.0. The van der Waals surface area contributed by atoms with E-state index in [0.717, 1.165) is 88.8 Å². The Hall–Kier alpha value is -7.40. The summed E-state index contributed by atoms with van der Waals surface area (Å²) in [6.07, 6.45) is 1.87. The summed E-state index contributed by atoms with van der Waals surface area (Å²) in [4.78, 5) is 9.06. The van der Waals surface area contributed by atoms with Crippen molar-refractivity contribution in [2.75, 3.05) is 9.80 Å². The van der Waals surface area contributed by atoms with E-state index < -0.39 is 18.1 Å². The zero-order valence-corrected chi connectivity index (χ0v) is 44.6. The van der Waals surface area contributed by atoms with Crippen LogP contribution in [0.3, 0.4) is 0 Å². The molecule has 1 aliphatic heterocycles. The van der Waals surface area contributed by atoms with Gasteiger partial charge in [-0.1, -0.05) is 170 Å². The third kappa shape index (κ3) is 8.50. The van der Waals surface area contributed by atoms with Crippen molar-refractivity contribution in [1.29, 1.82) is 0 Å². The number of rotatable bonds is 7. The van der Waals surface area contributed by atoms with E-state index in [1.54, 1.807) is 0 Å². The van der Waals surface area contributed by atoms with Gasteiger partial charge in [-0.2, -0.15) is 12.1 Å². The van der Waals surface area contributed by atoms with Gasteiger partial charge in [0.25, 0.3) is 0 Å². The number of fused-ring (bicyclic) bond motifs is 8. The van der Waals surface area contributed by atoms with Crippen LogP contribution in [0.1, 0.15) is 85.9 Å². The van der Waals surface area contributed by atoms with Crippen LogP contribution < -0.4 is 14.5 Å². The van der Waals surface area contributed by atoms with Crippen LogP contribution in [0.5, 0.6) is 11.5 Å². The molecule has 12 rings (SSSR count). The number of para-hydroxylation sites is 4. The third-order valence-electron chi connectivity index (χ3n) is 13.9. The van der Waals surface area contributed by atoms with Crippen molar-refractivity contribution in [1.82, 2.24) is 9.55 Å². The number of pyridine rings is 1. The standard InChI is InChI=1S/C66H57N4O2.Pt/c1-64(2,3)44-33-34-67-60(38-44)70-57-32-31-53-52-23-13-16-28-59(52)72-63(53)61(57)54-30-29-49(40-58(54)70)71-48-22-17-21-47(39-48)68-41-69(56-27-15-14-26-55(56)68)62-50(42-19-11-10-12-20-42)24-18-25-51(62)43-35-45(65(4,5)6)37-46(36-43)66(7,8)9;/h10-38,41H,1-9H3;/q-3;/i10D,11D,12D,19D,20D;. The van der Waals surface area contributed by atoms with Crippen molar-refractivity contribution in [2.45, 2.75) is 78.6 Å². The second-order valence-electron chi connectivity index (χ2n) is 21.9. The van der Waals surface area contributed by atoms with Gasteiger partial charge in [0, 0.05) is 83.2 Å². The number of hydrogen-bond donors (Lipinski definition) is 0. The molecule has 3 aromatic heterocycles. The molecule has 8 aromatic carbocycles. The molecule has 0 bridgehead atoms. The van der Waals surface area contributed by atoms with Crippen LogP contribution in [-0.2, 0) is 37.3 Å². The zero-order chi connectivity index (χ0) is 54.0. The Morgan fingerprint density at radius 3 is 1.95 bits per heavy atom. The van der Waals surface area contributed by atoms with Gasteiger partial charge in [0.2, 0.25) is 0 Å². The molecule has 0 N–H and O–H groups in total. The van der Waals surface area contributed by atoms with Gasteiger partial charge in [0.15, 0.2) is 0 Å². The summed E-state index contributed by atoms with van der Waals surface area (Å²) in [6.45, 7) is 21.8. The second kappa shape index (κ2) is 18.0. The van der Waals surface area contributed by atoms with Crippen LogP contribution in [-0.4, -0.2) is 9.55 Å². The van der Waals surface area contributed by atoms with Gasteiger partial charge in [-0.3, -0.25) is 0 Å². The first kappa shape index (κ1) is 42.1. The van der Waals surface area contributed by atoms with Gasteiger partial charge in [0.1, 0.15) is 17.0 Å². The summed E-state index contributed by atoms with van der Waals surface area (Å²) in [6, 6.07) is 52.5. The Balaban J connectivity index is 0.00000645. The fraction of sp³-hybridized carbons (Fsp3) is 0.182. The van der Waals surface area contributed by atoms with Gasteiger partial charge in [0.05, 0.1) is 6.85 Å². The van der Waals surface area contributed by atoms with E-state index in [1.165, 1.54) is 0 Å². The maximum atomic E-state index is 9.25. The fourth-order valence-electron chi connectivity index (χ4n) is 10.00. The molecular weight excluding hydrogens is 1080 g/mol. The molecule has 73 heavy (non-hydrogen) atoms. The Bertz CT molecular complexity index is 4160. The molecule has 0 radical (unpaired) electrons. The topological polar surface area (TPSA) is 46.7 Å². The molecule has 1 aliphatic rings. The quantitative estimate of drug-likeness (QED) is 0.149. The molecule has 0 spiro atoms. The van der Waals surface area contributed by atoms with Gasteiger partial charge in [-0.15, -0.1) is 42.7 Å². The van der Waals surface area contributed by atoms with Crippen molar-refractivity contribution in [3.05, 3.63) is 211 Å². The molecule has 11 aromatic rings. The van der Waals surface area contributed by atoms with Gasteiger partial charge < -0.3 is 23.5 Å². The SMILES string of the molecule is [2H]c1c([2H])c([2H])c(-c2cccc(-c3cc(C(C)(C)C)cc(C(C)(C)C)c3)c2N2[CH-]N(c3[c-]c(Oc4[c-]c5c(cc4)c4c6oc7ccccc7c6ccc4n5-c4cc(C(C)(C)C)ccn4)ccc3)c3ccccc32)c([2H])c1[2H].[Pt]. The number of aromatic nitrogens is 2. The molecule has 0 saturated carbocycles. The maximum Gasteiger partial charge on any atom is 0.135 e. The minimum Gasteiger partial charge on any atom is -0.509 e. The molecule has 0 amide bonds. The molecule has 0 aliphatic carbocycles. The van der Waals surface area contributed by atoms with E-state index in [-0.39, 0.29) is 55.0 Å². The number of nitrogens with zero attached hydrogens (tertiary/aromatic N) is 4. The predicted octanol–water partition coefficient (Wildman–Crippen LogP) is 18.1. The van der Waals surface area contributed by atoms with E-state index in [0.29, 0.717) is 28.4 Å². The largest absolute Gasteiger partial charge is 0.509 e. The second-order valence-corrected chi connectivity index (χ2v) is 21.9. The van der Waals surface area contributed by atoms with Crippen LogP contribution in [0.2, 0.25) is 0 Å². The van der Waals surface area contributed by atoms with Crippen LogP contribution in [0.25, 0.3) is 71.8 Å². The van der Waals surface area contributed by atoms with Gasteiger partial charge in [-0.25, -0.2) is 4.98 Å². The summed E-state index contributed by atoms with van der Waals surface area (Å²) < 4.78 is 60.1. The van der Waals surface area contributed by atoms with Gasteiger partial charge >= 0.3 is 0 Å². The molecular formula is C66H57N4O2Pt-3. The number of furan rings is 1. The van der Waals surface area contributed by atoms with Crippen molar-refractivity contribution in [2.24, 2.45) is 0 Å². The minimum atomic E-state index is -0.442. The summed E-state index contributed by atoms with van der Waals surface area (Å²) in [5.74, 6) is 1.71. The molecule has 0 atom stereocenters. The van der Waals surface area contributed by atoms with E-state index >= 15 is 0 Å². The molecule has 4 heterocycles. The smallest absolute Gasteiger partial charge is 0.135 e. The third-order valence-corrected chi connectivity index (χ3v) is 13.9. The first-order valence-corrected chi connectivity index (χ1v) is 24.5. The van der Waals surface area contributed by atoms with Crippen LogP contribution in [0.15, 0.2) is 180 Å². The molecule has 7 heteroatoms. The molecule has 0 unspecified atom stereocenters. The van der Waals surface area contributed by atoms with Crippen molar-refractivity contribution in [3.8, 4) is 39.6 Å².